The second-order valence-corrected chi connectivity index (χ2v) is 7.44. The van der Waals surface area contributed by atoms with Gasteiger partial charge < -0.3 is 5.32 Å². The van der Waals surface area contributed by atoms with Crippen LogP contribution in [0.25, 0.3) is 10.2 Å². The summed E-state index contributed by atoms with van der Waals surface area (Å²) in [4.78, 5) is 16.3. The largest absolute Gasteiger partial charge is 0.301 e. The fourth-order valence-electron chi connectivity index (χ4n) is 2.11. The summed E-state index contributed by atoms with van der Waals surface area (Å²) < 4.78 is 1.13. The highest BCUT2D eigenvalue weighted by molar-refractivity contribution is 9.10. The van der Waals surface area contributed by atoms with Gasteiger partial charge in [-0.2, -0.15) is 0 Å². The van der Waals surface area contributed by atoms with Crippen LogP contribution in [0.2, 0.25) is 0 Å². The molecule has 2 aromatic rings. The summed E-state index contributed by atoms with van der Waals surface area (Å²) in [7, 11) is 0. The average molecular weight is 369 g/mol. The van der Waals surface area contributed by atoms with Crippen LogP contribution < -0.4 is 5.32 Å². The Hall–Kier alpha value is -0.940. The molecule has 0 aliphatic heterocycles. The molecular weight excluding hydrogens is 348 g/mol. The van der Waals surface area contributed by atoms with Gasteiger partial charge in [0.05, 0.1) is 15.0 Å². The molecule has 2 atom stereocenters. The van der Waals surface area contributed by atoms with Gasteiger partial charge in [0.15, 0.2) is 5.13 Å². The number of fused-ring (bicyclic) bond motifs is 1. The molecule has 1 aromatic heterocycles. The molecule has 114 valence electrons. The molecule has 0 bridgehead atoms. The van der Waals surface area contributed by atoms with Gasteiger partial charge in [-0.1, -0.05) is 60.5 Å². The first-order chi connectivity index (χ1) is 10.0. The van der Waals surface area contributed by atoms with Crippen molar-refractivity contribution in [3.63, 3.8) is 0 Å². The lowest BCUT2D eigenvalue weighted by Gasteiger charge is -2.07. The first kappa shape index (κ1) is 16.4. The van der Waals surface area contributed by atoms with E-state index in [1.165, 1.54) is 16.9 Å². The lowest BCUT2D eigenvalue weighted by Crippen LogP contribution is -2.22. The number of benzene rings is 1. The molecule has 21 heavy (non-hydrogen) atoms. The third-order valence-corrected chi connectivity index (χ3v) is 5.46. The molecule has 0 unspecified atom stereocenters. The molecule has 0 aliphatic rings. The number of nitrogens with zero attached hydrogens (tertiary/aromatic N) is 1. The summed E-state index contributed by atoms with van der Waals surface area (Å²) in [6, 6.07) is 6.36. The molecule has 0 aliphatic carbocycles. The van der Waals surface area contributed by atoms with E-state index < -0.39 is 0 Å². The molecule has 0 saturated heterocycles. The minimum absolute atomic E-state index is 0.0157. The standard InChI is InChI=1S/C16H21BrN2OS/c1-4-6-12(17)15(20)19-16-18-13-8-7-11(10(3)5-2)9-14(13)21-16/h7-10,12H,4-6H2,1-3H3,(H,18,19,20)/t10-,12-/m1/s1. The molecule has 0 spiro atoms. The number of aromatic nitrogens is 1. The number of amides is 1. The Labute approximate surface area is 138 Å². The maximum atomic E-state index is 12.0. The van der Waals surface area contributed by atoms with Crippen LogP contribution in [0.1, 0.15) is 51.5 Å². The van der Waals surface area contributed by atoms with E-state index in [0.717, 1.165) is 29.5 Å². The first-order valence-corrected chi connectivity index (χ1v) is 9.13. The monoisotopic (exact) mass is 368 g/mol. The number of rotatable bonds is 6. The topological polar surface area (TPSA) is 42.0 Å². The van der Waals surface area contributed by atoms with Crippen LogP contribution in [-0.4, -0.2) is 15.7 Å². The maximum absolute atomic E-state index is 12.0. The van der Waals surface area contributed by atoms with Crippen molar-refractivity contribution in [3.05, 3.63) is 23.8 Å². The van der Waals surface area contributed by atoms with Crippen molar-refractivity contribution in [3.8, 4) is 0 Å². The molecule has 1 aromatic carbocycles. The number of thiazole rings is 1. The fourth-order valence-corrected chi connectivity index (χ4v) is 3.59. The van der Waals surface area contributed by atoms with Gasteiger partial charge >= 0.3 is 0 Å². The molecule has 0 saturated carbocycles. The van der Waals surface area contributed by atoms with Crippen molar-refractivity contribution in [2.45, 2.75) is 50.8 Å². The van der Waals surface area contributed by atoms with E-state index >= 15 is 0 Å². The lowest BCUT2D eigenvalue weighted by molar-refractivity contribution is -0.115. The zero-order valence-electron chi connectivity index (χ0n) is 12.6. The minimum Gasteiger partial charge on any atom is -0.301 e. The highest BCUT2D eigenvalue weighted by atomic mass is 79.9. The number of hydrogen-bond donors (Lipinski definition) is 1. The van der Waals surface area contributed by atoms with Crippen LogP contribution >= 0.6 is 27.3 Å². The normalized spacial score (nSPS) is 14.1. The number of carbonyl (C=O) groups is 1. The molecule has 5 heteroatoms. The zero-order chi connectivity index (χ0) is 15.4. The van der Waals surface area contributed by atoms with Crippen LogP contribution in [0, 0.1) is 0 Å². The van der Waals surface area contributed by atoms with Crippen molar-refractivity contribution >= 4 is 48.5 Å². The SMILES string of the molecule is CCC[C@@H](Br)C(=O)Nc1nc2ccc([C@H](C)CC)cc2s1. The smallest absolute Gasteiger partial charge is 0.239 e. The van der Waals surface area contributed by atoms with E-state index in [1.54, 1.807) is 0 Å². The number of hydrogen-bond acceptors (Lipinski definition) is 3. The zero-order valence-corrected chi connectivity index (χ0v) is 15.1. The molecular formula is C16H21BrN2OS. The molecule has 1 amide bonds. The molecule has 0 fully saturated rings. The van der Waals surface area contributed by atoms with Gasteiger partial charge in [0.2, 0.25) is 5.91 Å². The molecule has 2 rings (SSSR count). The summed E-state index contributed by atoms with van der Waals surface area (Å²) in [6.07, 6.45) is 2.92. The van der Waals surface area contributed by atoms with E-state index in [9.17, 15) is 4.79 Å². The summed E-state index contributed by atoms with van der Waals surface area (Å²) in [6.45, 7) is 6.48. The summed E-state index contributed by atoms with van der Waals surface area (Å²) >= 11 is 4.95. The number of alkyl halides is 1. The molecule has 1 N–H and O–H groups in total. The van der Waals surface area contributed by atoms with Gasteiger partial charge in [0.25, 0.3) is 0 Å². The predicted molar refractivity (Wildman–Crippen MR) is 94.6 cm³/mol. The Morgan fingerprint density at radius 3 is 2.86 bits per heavy atom. The minimum atomic E-state index is -0.148. The third-order valence-electron chi connectivity index (χ3n) is 3.65. The van der Waals surface area contributed by atoms with Crippen LogP contribution in [0.5, 0.6) is 0 Å². The van der Waals surface area contributed by atoms with Gasteiger partial charge in [-0.15, -0.1) is 0 Å². The predicted octanol–water partition coefficient (Wildman–Crippen LogP) is 5.31. The third kappa shape index (κ3) is 4.04. The van der Waals surface area contributed by atoms with Crippen molar-refractivity contribution in [2.75, 3.05) is 5.32 Å². The van der Waals surface area contributed by atoms with Gasteiger partial charge in [-0.05, 0) is 36.5 Å². The van der Waals surface area contributed by atoms with Gasteiger partial charge in [-0.3, -0.25) is 4.79 Å². The van der Waals surface area contributed by atoms with Crippen LogP contribution in [0.4, 0.5) is 5.13 Å². The van der Waals surface area contributed by atoms with Crippen molar-refractivity contribution in [1.29, 1.82) is 0 Å². The van der Waals surface area contributed by atoms with Crippen molar-refractivity contribution in [2.24, 2.45) is 0 Å². The summed E-state index contributed by atoms with van der Waals surface area (Å²) in [5, 5.41) is 3.58. The first-order valence-electron chi connectivity index (χ1n) is 7.40. The number of halogens is 1. The summed E-state index contributed by atoms with van der Waals surface area (Å²) in [5.41, 5.74) is 2.28. The molecule has 0 radical (unpaired) electrons. The second-order valence-electron chi connectivity index (χ2n) is 5.30. The van der Waals surface area contributed by atoms with Gasteiger partial charge in [0, 0.05) is 0 Å². The maximum Gasteiger partial charge on any atom is 0.239 e. The summed E-state index contributed by atoms with van der Waals surface area (Å²) in [5.74, 6) is 0.532. The molecule has 3 nitrogen and oxygen atoms in total. The number of anilines is 1. The van der Waals surface area contributed by atoms with E-state index in [4.69, 9.17) is 0 Å². The van der Waals surface area contributed by atoms with E-state index in [1.807, 2.05) is 6.07 Å². The Balaban J connectivity index is 2.17. The Kier molecular flexibility index (Phi) is 5.76. The van der Waals surface area contributed by atoms with Crippen LogP contribution in [0.3, 0.4) is 0 Å². The Morgan fingerprint density at radius 1 is 1.43 bits per heavy atom. The number of nitrogens with one attached hydrogen (secondary N) is 1. The van der Waals surface area contributed by atoms with Crippen LogP contribution in [-0.2, 0) is 4.79 Å². The van der Waals surface area contributed by atoms with E-state index in [-0.39, 0.29) is 10.7 Å². The van der Waals surface area contributed by atoms with Crippen molar-refractivity contribution < 1.29 is 4.79 Å². The fraction of sp³-hybridized carbons (Fsp3) is 0.500. The second kappa shape index (κ2) is 7.36. The quantitative estimate of drug-likeness (QED) is 0.701. The highest BCUT2D eigenvalue weighted by Gasteiger charge is 2.16. The lowest BCUT2D eigenvalue weighted by atomic mass is 9.99. The highest BCUT2D eigenvalue weighted by Crippen LogP contribution is 2.30. The van der Waals surface area contributed by atoms with Gasteiger partial charge in [0.1, 0.15) is 0 Å². The Bertz CT molecular complexity index is 626. The molecule has 1 heterocycles. The van der Waals surface area contributed by atoms with Crippen molar-refractivity contribution in [1.82, 2.24) is 4.98 Å². The number of carbonyl (C=O) groups excluding carboxylic acids is 1. The average Bonchev–Trinajstić information content (AvgIpc) is 2.87. The van der Waals surface area contributed by atoms with Crippen LogP contribution in [0.15, 0.2) is 18.2 Å². The Morgan fingerprint density at radius 2 is 2.19 bits per heavy atom. The van der Waals surface area contributed by atoms with Gasteiger partial charge in [-0.25, -0.2) is 4.98 Å². The van der Waals surface area contributed by atoms with E-state index in [0.29, 0.717) is 11.0 Å². The van der Waals surface area contributed by atoms with E-state index in [2.05, 4.69) is 59.1 Å².